The molecule has 0 atom stereocenters. The van der Waals surface area contributed by atoms with Crippen molar-refractivity contribution in [1.82, 2.24) is 4.90 Å². The molecule has 3 nitrogen and oxygen atoms in total. The van der Waals surface area contributed by atoms with Crippen molar-refractivity contribution in [2.45, 2.75) is 13.5 Å². The summed E-state index contributed by atoms with van der Waals surface area (Å²) in [6.07, 6.45) is 0. The molecular formula is C12H19FN2O. The molecule has 0 saturated carbocycles. The highest BCUT2D eigenvalue weighted by molar-refractivity contribution is 5.47. The first kappa shape index (κ1) is 12.9. The normalized spacial score (nSPS) is 11.0. The second-order valence-corrected chi connectivity index (χ2v) is 3.75. The van der Waals surface area contributed by atoms with Gasteiger partial charge in [-0.2, -0.15) is 0 Å². The zero-order valence-corrected chi connectivity index (χ0v) is 9.87. The van der Waals surface area contributed by atoms with Gasteiger partial charge in [-0.1, -0.05) is 12.1 Å². The number of hydrogen-bond donors (Lipinski definition) is 1. The van der Waals surface area contributed by atoms with Crippen LogP contribution in [0.25, 0.3) is 0 Å². The fraction of sp³-hybridized carbons (Fsp3) is 0.500. The van der Waals surface area contributed by atoms with E-state index in [1.165, 1.54) is 6.07 Å². The zero-order valence-electron chi connectivity index (χ0n) is 9.87. The van der Waals surface area contributed by atoms with E-state index in [9.17, 15) is 4.39 Å². The Bertz CT molecular complexity index is 331. The molecule has 1 aromatic rings. The molecule has 0 amide bonds. The summed E-state index contributed by atoms with van der Waals surface area (Å²) in [4.78, 5) is 2.06. The quantitative estimate of drug-likeness (QED) is 0.594. The van der Waals surface area contributed by atoms with Crippen molar-refractivity contribution < 1.29 is 9.13 Å². The van der Waals surface area contributed by atoms with Gasteiger partial charge in [0.1, 0.15) is 5.82 Å². The van der Waals surface area contributed by atoms with E-state index in [-0.39, 0.29) is 11.5 Å². The van der Waals surface area contributed by atoms with E-state index in [2.05, 4.69) is 4.90 Å². The molecule has 0 aliphatic carbocycles. The van der Waals surface area contributed by atoms with Crippen molar-refractivity contribution in [3.05, 3.63) is 29.6 Å². The van der Waals surface area contributed by atoms with E-state index in [1.807, 2.05) is 20.0 Å². The van der Waals surface area contributed by atoms with Crippen molar-refractivity contribution in [2.24, 2.45) is 0 Å². The average molecular weight is 226 g/mol. The number of hydrogen-bond acceptors (Lipinski definition) is 3. The Hall–Kier alpha value is -1.13. The predicted molar refractivity (Wildman–Crippen MR) is 63.6 cm³/mol. The highest BCUT2D eigenvalue weighted by Crippen LogP contribution is 2.16. The molecule has 0 spiro atoms. The average Bonchev–Trinajstić information content (AvgIpc) is 2.25. The highest BCUT2D eigenvalue weighted by atomic mass is 19.1. The Balaban J connectivity index is 2.49. The topological polar surface area (TPSA) is 38.5 Å². The highest BCUT2D eigenvalue weighted by Gasteiger charge is 2.06. The van der Waals surface area contributed by atoms with E-state index in [0.29, 0.717) is 13.2 Å². The third kappa shape index (κ3) is 3.79. The summed E-state index contributed by atoms with van der Waals surface area (Å²) < 4.78 is 18.4. The lowest BCUT2D eigenvalue weighted by Crippen LogP contribution is -2.23. The first-order chi connectivity index (χ1) is 7.65. The maximum absolute atomic E-state index is 13.2. The van der Waals surface area contributed by atoms with Crippen LogP contribution in [-0.4, -0.2) is 31.7 Å². The number of rotatable bonds is 6. The van der Waals surface area contributed by atoms with E-state index >= 15 is 0 Å². The smallest absolute Gasteiger partial charge is 0.146 e. The monoisotopic (exact) mass is 226 g/mol. The second-order valence-electron chi connectivity index (χ2n) is 3.75. The molecule has 0 unspecified atom stereocenters. The van der Waals surface area contributed by atoms with E-state index in [0.717, 1.165) is 18.7 Å². The summed E-state index contributed by atoms with van der Waals surface area (Å²) >= 11 is 0. The van der Waals surface area contributed by atoms with Gasteiger partial charge >= 0.3 is 0 Å². The van der Waals surface area contributed by atoms with E-state index in [4.69, 9.17) is 10.5 Å². The molecule has 0 aromatic heterocycles. The van der Waals surface area contributed by atoms with Gasteiger partial charge in [0.05, 0.1) is 12.3 Å². The van der Waals surface area contributed by atoms with Gasteiger partial charge in [-0.05, 0) is 25.6 Å². The number of nitrogens with two attached hydrogens (primary N) is 1. The van der Waals surface area contributed by atoms with Crippen molar-refractivity contribution in [2.75, 3.05) is 32.5 Å². The number of nitrogen functional groups attached to an aromatic ring is 1. The summed E-state index contributed by atoms with van der Waals surface area (Å²) in [6.45, 7) is 4.81. The number of benzene rings is 1. The van der Waals surface area contributed by atoms with Crippen LogP contribution in [0.5, 0.6) is 0 Å². The third-order valence-corrected chi connectivity index (χ3v) is 2.40. The molecule has 16 heavy (non-hydrogen) atoms. The molecule has 0 aliphatic rings. The van der Waals surface area contributed by atoms with Crippen LogP contribution < -0.4 is 5.73 Å². The first-order valence-corrected chi connectivity index (χ1v) is 5.44. The molecule has 2 N–H and O–H groups in total. The van der Waals surface area contributed by atoms with E-state index < -0.39 is 0 Å². The summed E-state index contributed by atoms with van der Waals surface area (Å²) in [6, 6.07) is 4.89. The number of likely N-dealkylation sites (N-methyl/N-ethyl adjacent to an activating group) is 1. The molecule has 0 heterocycles. The van der Waals surface area contributed by atoms with Crippen molar-refractivity contribution in [3.63, 3.8) is 0 Å². The molecule has 4 heteroatoms. The fourth-order valence-electron chi connectivity index (χ4n) is 1.45. The molecule has 0 aliphatic heterocycles. The summed E-state index contributed by atoms with van der Waals surface area (Å²) in [5.41, 5.74) is 6.71. The SMILES string of the molecule is CCOCCN(C)Cc1cccc(F)c1N. The minimum absolute atomic E-state index is 0.241. The molecule has 90 valence electrons. The first-order valence-electron chi connectivity index (χ1n) is 5.44. The Morgan fingerprint density at radius 1 is 1.44 bits per heavy atom. The van der Waals surface area contributed by atoms with Gasteiger partial charge in [-0.15, -0.1) is 0 Å². The number of nitrogens with zero attached hydrogens (tertiary/aromatic N) is 1. The number of halogens is 1. The zero-order chi connectivity index (χ0) is 12.0. The van der Waals surface area contributed by atoms with Crippen LogP contribution in [0.1, 0.15) is 12.5 Å². The number of anilines is 1. The van der Waals surface area contributed by atoms with Crippen LogP contribution in [0.2, 0.25) is 0 Å². The number of ether oxygens (including phenoxy) is 1. The molecule has 0 fully saturated rings. The van der Waals surface area contributed by atoms with Gasteiger partial charge in [-0.3, -0.25) is 4.90 Å². The predicted octanol–water partition coefficient (Wildman–Crippen LogP) is 1.88. The summed E-state index contributed by atoms with van der Waals surface area (Å²) in [5.74, 6) is -0.351. The van der Waals surface area contributed by atoms with Gasteiger partial charge in [0.15, 0.2) is 0 Å². The van der Waals surface area contributed by atoms with Gasteiger partial charge in [0.25, 0.3) is 0 Å². The van der Waals surface area contributed by atoms with Crippen LogP contribution >= 0.6 is 0 Å². The van der Waals surface area contributed by atoms with Crippen LogP contribution in [0.3, 0.4) is 0 Å². The standard InChI is InChI=1S/C12H19FN2O/c1-3-16-8-7-15(2)9-10-5-4-6-11(13)12(10)14/h4-6H,3,7-9,14H2,1-2H3. The summed E-state index contributed by atoms with van der Waals surface area (Å²) in [5, 5.41) is 0. The minimum atomic E-state index is -0.351. The van der Waals surface area contributed by atoms with Crippen LogP contribution in [0.15, 0.2) is 18.2 Å². The molecule has 0 saturated heterocycles. The maximum atomic E-state index is 13.2. The second kappa shape index (κ2) is 6.45. The van der Waals surface area contributed by atoms with E-state index in [1.54, 1.807) is 6.07 Å². The third-order valence-electron chi connectivity index (χ3n) is 2.40. The maximum Gasteiger partial charge on any atom is 0.146 e. The van der Waals surface area contributed by atoms with Gasteiger partial charge < -0.3 is 10.5 Å². The lowest BCUT2D eigenvalue weighted by atomic mass is 10.1. The Morgan fingerprint density at radius 2 is 2.19 bits per heavy atom. The largest absolute Gasteiger partial charge is 0.396 e. The Morgan fingerprint density at radius 3 is 2.88 bits per heavy atom. The Labute approximate surface area is 96.0 Å². The van der Waals surface area contributed by atoms with Gasteiger partial charge in [0, 0.05) is 19.7 Å². The van der Waals surface area contributed by atoms with Crippen molar-refractivity contribution >= 4 is 5.69 Å². The number of para-hydroxylation sites is 1. The van der Waals surface area contributed by atoms with Gasteiger partial charge in [-0.25, -0.2) is 4.39 Å². The van der Waals surface area contributed by atoms with Crippen molar-refractivity contribution in [1.29, 1.82) is 0 Å². The minimum Gasteiger partial charge on any atom is -0.396 e. The van der Waals surface area contributed by atoms with Crippen LogP contribution in [0, 0.1) is 5.82 Å². The fourth-order valence-corrected chi connectivity index (χ4v) is 1.45. The Kier molecular flexibility index (Phi) is 5.22. The van der Waals surface area contributed by atoms with Crippen molar-refractivity contribution in [3.8, 4) is 0 Å². The lowest BCUT2D eigenvalue weighted by Gasteiger charge is -2.17. The molecule has 0 bridgehead atoms. The lowest BCUT2D eigenvalue weighted by molar-refractivity contribution is 0.120. The molecule has 1 aromatic carbocycles. The van der Waals surface area contributed by atoms with Crippen LogP contribution in [0.4, 0.5) is 10.1 Å². The van der Waals surface area contributed by atoms with Crippen LogP contribution in [-0.2, 0) is 11.3 Å². The molecule has 1 rings (SSSR count). The van der Waals surface area contributed by atoms with Gasteiger partial charge in [0.2, 0.25) is 0 Å². The summed E-state index contributed by atoms with van der Waals surface area (Å²) in [7, 11) is 1.96. The molecular weight excluding hydrogens is 207 g/mol. The molecule has 0 radical (unpaired) electrons.